The van der Waals surface area contributed by atoms with Crippen LogP contribution in [-0.4, -0.2) is 32.3 Å². The van der Waals surface area contributed by atoms with Crippen molar-refractivity contribution in [3.05, 3.63) is 18.2 Å². The Bertz CT molecular complexity index is 565. The Morgan fingerprint density at radius 3 is 2.84 bits per heavy atom. The van der Waals surface area contributed by atoms with Crippen molar-refractivity contribution in [2.45, 2.75) is 30.3 Å². The summed E-state index contributed by atoms with van der Waals surface area (Å²) >= 11 is 0. The van der Waals surface area contributed by atoms with E-state index in [1.165, 1.54) is 18.2 Å². The first-order valence-electron chi connectivity index (χ1n) is 6.05. The second-order valence-corrected chi connectivity index (χ2v) is 6.71. The van der Waals surface area contributed by atoms with Gasteiger partial charge in [0.25, 0.3) is 0 Å². The molecule has 106 valence electrons. The second kappa shape index (κ2) is 4.99. The lowest BCUT2D eigenvalue weighted by Gasteiger charge is -2.23. The molecule has 0 radical (unpaired) electrons. The summed E-state index contributed by atoms with van der Waals surface area (Å²) in [4.78, 5) is 0.0318. The van der Waals surface area contributed by atoms with Crippen molar-refractivity contribution in [3.8, 4) is 5.75 Å². The van der Waals surface area contributed by atoms with Crippen LogP contribution in [0.1, 0.15) is 19.8 Å². The number of benzene rings is 1. The van der Waals surface area contributed by atoms with E-state index in [0.29, 0.717) is 6.61 Å². The number of nitrogens with one attached hydrogen (secondary N) is 1. The van der Waals surface area contributed by atoms with Gasteiger partial charge in [0.1, 0.15) is 5.75 Å². The van der Waals surface area contributed by atoms with Crippen molar-refractivity contribution in [2.24, 2.45) is 0 Å². The molecule has 0 bridgehead atoms. The lowest BCUT2D eigenvalue weighted by Crippen LogP contribution is -2.40. The maximum absolute atomic E-state index is 12.1. The standard InChI is InChI=1S/C12H18N2O4S/c1-12(5-2-6-18-12)8-14-19(16,17)9-3-4-11(15)10(13)7-9/h3-4,7,14-15H,2,5-6,8,13H2,1H3. The second-order valence-electron chi connectivity index (χ2n) is 4.95. The third-order valence-corrected chi connectivity index (χ3v) is 4.64. The van der Waals surface area contributed by atoms with Crippen molar-refractivity contribution in [2.75, 3.05) is 18.9 Å². The van der Waals surface area contributed by atoms with Gasteiger partial charge in [-0.1, -0.05) is 0 Å². The molecule has 0 spiro atoms. The van der Waals surface area contributed by atoms with E-state index in [1.807, 2.05) is 6.92 Å². The topological polar surface area (TPSA) is 102 Å². The SMILES string of the molecule is CC1(CNS(=O)(=O)c2ccc(O)c(N)c2)CCCO1. The Hall–Kier alpha value is -1.31. The molecule has 7 heteroatoms. The number of aromatic hydroxyl groups is 1. The van der Waals surface area contributed by atoms with Gasteiger partial charge in [-0.3, -0.25) is 0 Å². The maximum atomic E-state index is 12.1. The fourth-order valence-electron chi connectivity index (χ4n) is 2.01. The van der Waals surface area contributed by atoms with E-state index in [2.05, 4.69) is 4.72 Å². The average Bonchev–Trinajstić information content (AvgIpc) is 2.78. The highest BCUT2D eigenvalue weighted by molar-refractivity contribution is 7.89. The minimum absolute atomic E-state index is 0.0318. The minimum Gasteiger partial charge on any atom is -0.506 e. The molecule has 1 aromatic carbocycles. The fourth-order valence-corrected chi connectivity index (χ4v) is 3.20. The first-order valence-corrected chi connectivity index (χ1v) is 7.53. The zero-order chi connectivity index (χ0) is 14.1. The first-order chi connectivity index (χ1) is 8.82. The highest BCUT2D eigenvalue weighted by Crippen LogP contribution is 2.26. The van der Waals surface area contributed by atoms with Crippen molar-refractivity contribution in [1.29, 1.82) is 0 Å². The molecule has 4 N–H and O–H groups in total. The van der Waals surface area contributed by atoms with Crippen molar-refractivity contribution >= 4 is 15.7 Å². The molecule has 6 nitrogen and oxygen atoms in total. The number of hydrogen-bond donors (Lipinski definition) is 3. The molecule has 19 heavy (non-hydrogen) atoms. The molecule has 1 fully saturated rings. The summed E-state index contributed by atoms with van der Waals surface area (Å²) in [5.74, 6) is -0.134. The van der Waals surface area contributed by atoms with E-state index in [9.17, 15) is 13.5 Å². The number of nitrogen functional groups attached to an aromatic ring is 1. The monoisotopic (exact) mass is 286 g/mol. The van der Waals surface area contributed by atoms with Gasteiger partial charge in [0, 0.05) is 13.2 Å². The predicted octanol–water partition coefficient (Wildman–Crippen LogP) is 0.822. The molecular weight excluding hydrogens is 268 g/mol. The van der Waals surface area contributed by atoms with Gasteiger partial charge in [-0.15, -0.1) is 0 Å². The van der Waals surface area contributed by atoms with Crippen LogP contribution >= 0.6 is 0 Å². The Labute approximate surface area is 112 Å². The molecule has 0 amide bonds. The highest BCUT2D eigenvalue weighted by atomic mass is 32.2. The third kappa shape index (κ3) is 3.17. The average molecular weight is 286 g/mol. The quantitative estimate of drug-likeness (QED) is 0.562. The van der Waals surface area contributed by atoms with Crippen LogP contribution in [0.25, 0.3) is 0 Å². The van der Waals surface area contributed by atoms with Gasteiger partial charge in [0.05, 0.1) is 16.2 Å². The summed E-state index contributed by atoms with van der Waals surface area (Å²) in [6.07, 6.45) is 1.76. The van der Waals surface area contributed by atoms with Gasteiger partial charge in [0.15, 0.2) is 0 Å². The number of ether oxygens (including phenoxy) is 1. The smallest absolute Gasteiger partial charge is 0.240 e. The van der Waals surface area contributed by atoms with Crippen molar-refractivity contribution < 1.29 is 18.3 Å². The van der Waals surface area contributed by atoms with Crippen LogP contribution in [0.4, 0.5) is 5.69 Å². The predicted molar refractivity (Wildman–Crippen MR) is 71.3 cm³/mol. The molecule has 1 saturated heterocycles. The molecular formula is C12H18N2O4S. The van der Waals surface area contributed by atoms with Crippen LogP contribution in [0, 0.1) is 0 Å². The number of nitrogens with two attached hydrogens (primary N) is 1. The number of phenolic OH excluding ortho intramolecular Hbond substituents is 1. The van der Waals surface area contributed by atoms with Crippen LogP contribution in [0.2, 0.25) is 0 Å². The fraction of sp³-hybridized carbons (Fsp3) is 0.500. The highest BCUT2D eigenvalue weighted by Gasteiger charge is 2.31. The van der Waals surface area contributed by atoms with E-state index >= 15 is 0 Å². The zero-order valence-electron chi connectivity index (χ0n) is 10.7. The van der Waals surface area contributed by atoms with E-state index < -0.39 is 15.6 Å². The Morgan fingerprint density at radius 2 is 2.26 bits per heavy atom. The van der Waals surface area contributed by atoms with Crippen LogP contribution in [-0.2, 0) is 14.8 Å². The molecule has 0 saturated carbocycles. The normalized spacial score (nSPS) is 23.6. The van der Waals surface area contributed by atoms with Crippen LogP contribution in [0.3, 0.4) is 0 Å². The van der Waals surface area contributed by atoms with Crippen LogP contribution < -0.4 is 10.5 Å². The zero-order valence-corrected chi connectivity index (χ0v) is 11.5. The molecule has 0 aliphatic carbocycles. The van der Waals surface area contributed by atoms with Gasteiger partial charge < -0.3 is 15.6 Å². The molecule has 0 aromatic heterocycles. The number of rotatable bonds is 4. The van der Waals surface area contributed by atoms with Gasteiger partial charge in [0.2, 0.25) is 10.0 Å². The Kier molecular flexibility index (Phi) is 3.71. The summed E-state index contributed by atoms with van der Waals surface area (Å²) in [6, 6.07) is 3.80. The number of anilines is 1. The molecule has 1 heterocycles. The third-order valence-electron chi connectivity index (χ3n) is 3.25. The summed E-state index contributed by atoms with van der Waals surface area (Å²) in [7, 11) is -3.65. The molecule has 2 rings (SSSR count). The lowest BCUT2D eigenvalue weighted by atomic mass is 10.0. The van der Waals surface area contributed by atoms with Gasteiger partial charge >= 0.3 is 0 Å². The van der Waals surface area contributed by atoms with E-state index in [1.54, 1.807) is 0 Å². The number of sulfonamides is 1. The Morgan fingerprint density at radius 1 is 1.53 bits per heavy atom. The minimum atomic E-state index is -3.65. The molecule has 1 atom stereocenters. The molecule has 1 aliphatic heterocycles. The van der Waals surface area contributed by atoms with E-state index in [4.69, 9.17) is 10.5 Å². The number of phenols is 1. The van der Waals surface area contributed by atoms with Crippen LogP contribution in [0.5, 0.6) is 5.75 Å². The van der Waals surface area contributed by atoms with Gasteiger partial charge in [-0.05, 0) is 38.0 Å². The largest absolute Gasteiger partial charge is 0.506 e. The summed E-state index contributed by atoms with van der Waals surface area (Å²) < 4.78 is 32.2. The van der Waals surface area contributed by atoms with E-state index in [-0.39, 0.29) is 22.9 Å². The summed E-state index contributed by atoms with van der Waals surface area (Å²) in [6.45, 7) is 2.76. The van der Waals surface area contributed by atoms with Gasteiger partial charge in [-0.2, -0.15) is 0 Å². The van der Waals surface area contributed by atoms with Crippen molar-refractivity contribution in [3.63, 3.8) is 0 Å². The molecule has 1 aromatic rings. The van der Waals surface area contributed by atoms with Gasteiger partial charge in [-0.25, -0.2) is 13.1 Å². The lowest BCUT2D eigenvalue weighted by molar-refractivity contribution is 0.0250. The van der Waals surface area contributed by atoms with Crippen molar-refractivity contribution in [1.82, 2.24) is 4.72 Å². The van der Waals surface area contributed by atoms with E-state index in [0.717, 1.165) is 12.8 Å². The molecule has 1 unspecified atom stereocenters. The summed E-state index contributed by atoms with van der Waals surface area (Å²) in [5.41, 5.74) is 5.08. The maximum Gasteiger partial charge on any atom is 0.240 e. The van der Waals surface area contributed by atoms with Crippen LogP contribution in [0.15, 0.2) is 23.1 Å². The first kappa shape index (κ1) is 14.1. The Balaban J connectivity index is 2.11. The molecule has 1 aliphatic rings. The summed E-state index contributed by atoms with van der Waals surface area (Å²) in [5, 5.41) is 9.29. The number of hydrogen-bond acceptors (Lipinski definition) is 5.